The molecule has 0 aliphatic carbocycles. The molecule has 0 fully saturated rings. The van der Waals surface area contributed by atoms with Gasteiger partial charge in [0.1, 0.15) is 10.6 Å². The number of thiophene rings is 1. The summed E-state index contributed by atoms with van der Waals surface area (Å²) >= 11 is 1.28. The van der Waals surface area contributed by atoms with Crippen LogP contribution in [0.15, 0.2) is 106 Å². The topological polar surface area (TPSA) is 84.8 Å². The highest BCUT2D eigenvalue weighted by Crippen LogP contribution is 2.36. The molecule has 1 aromatic heterocycles. The number of nitrogens with one attached hydrogen (secondary N) is 1. The lowest BCUT2D eigenvalue weighted by Crippen LogP contribution is -2.18. The summed E-state index contributed by atoms with van der Waals surface area (Å²) in [7, 11) is -4.00. The largest absolute Gasteiger partial charge is 0.462 e. The van der Waals surface area contributed by atoms with E-state index >= 15 is 0 Å². The number of hydrogen-bond donors (Lipinski definition) is 1. The predicted molar refractivity (Wildman–Crippen MR) is 136 cm³/mol. The van der Waals surface area contributed by atoms with Gasteiger partial charge in [0.05, 0.1) is 11.5 Å². The maximum Gasteiger partial charge on any atom is 0.341 e. The Bertz CT molecular complexity index is 1400. The second-order valence-electron chi connectivity index (χ2n) is 7.16. The average molecular weight is 491 g/mol. The number of benzene rings is 3. The number of sulfonamides is 1. The Morgan fingerprint density at radius 3 is 2.12 bits per heavy atom. The summed E-state index contributed by atoms with van der Waals surface area (Å²) in [5.41, 5.74) is 2.44. The smallest absolute Gasteiger partial charge is 0.341 e. The Kier molecular flexibility index (Phi) is 7.20. The highest BCUT2D eigenvalue weighted by atomic mass is 32.2. The van der Waals surface area contributed by atoms with Crippen LogP contribution in [-0.4, -0.2) is 26.8 Å². The van der Waals surface area contributed by atoms with E-state index in [9.17, 15) is 13.2 Å². The number of anilines is 1. The molecule has 1 heterocycles. The molecule has 0 aliphatic heterocycles. The van der Waals surface area contributed by atoms with Crippen LogP contribution < -0.4 is 5.32 Å². The molecule has 172 valence electrons. The first-order valence-corrected chi connectivity index (χ1v) is 12.9. The predicted octanol–water partition coefficient (Wildman–Crippen LogP) is 5.84. The summed E-state index contributed by atoms with van der Waals surface area (Å²) in [6.07, 6.45) is 0. The molecular formula is C26H22N2O4S2. The number of rotatable bonds is 7. The fourth-order valence-electron chi connectivity index (χ4n) is 3.30. The molecule has 0 amide bonds. The van der Waals surface area contributed by atoms with Crippen LogP contribution >= 0.6 is 11.3 Å². The van der Waals surface area contributed by atoms with Crippen LogP contribution in [0.1, 0.15) is 22.8 Å². The molecule has 0 aliphatic rings. The van der Waals surface area contributed by atoms with E-state index in [0.717, 1.165) is 5.56 Å². The highest BCUT2D eigenvalue weighted by molar-refractivity contribution is 7.90. The van der Waals surface area contributed by atoms with Gasteiger partial charge in [-0.05, 0) is 24.6 Å². The molecule has 0 spiro atoms. The van der Waals surface area contributed by atoms with E-state index in [1.54, 1.807) is 49.4 Å². The molecule has 1 N–H and O–H groups in total. The van der Waals surface area contributed by atoms with Crippen molar-refractivity contribution in [1.29, 1.82) is 0 Å². The van der Waals surface area contributed by atoms with Gasteiger partial charge in [0.15, 0.2) is 5.84 Å². The summed E-state index contributed by atoms with van der Waals surface area (Å²) in [5.74, 6) is -0.389. The SMILES string of the molecule is CCOC(=O)c1c(-c2ccccc2)csc1N/C(=N/S(=O)(=O)c1ccccc1)c1ccccc1. The van der Waals surface area contributed by atoms with Gasteiger partial charge in [-0.25, -0.2) is 4.79 Å². The van der Waals surface area contributed by atoms with Crippen LogP contribution in [0, 0.1) is 0 Å². The van der Waals surface area contributed by atoms with Gasteiger partial charge in [-0.3, -0.25) is 0 Å². The number of hydrogen-bond acceptors (Lipinski definition) is 5. The fraction of sp³-hybridized carbons (Fsp3) is 0.0769. The fourth-order valence-corrected chi connectivity index (χ4v) is 5.26. The molecule has 0 unspecified atom stereocenters. The van der Waals surface area contributed by atoms with E-state index in [1.807, 2.05) is 41.8 Å². The number of ether oxygens (including phenoxy) is 1. The van der Waals surface area contributed by atoms with Crippen molar-refractivity contribution >= 4 is 38.2 Å². The second-order valence-corrected chi connectivity index (χ2v) is 9.64. The summed E-state index contributed by atoms with van der Waals surface area (Å²) in [6.45, 7) is 1.95. The molecule has 3 aromatic carbocycles. The Hall–Kier alpha value is -3.75. The van der Waals surface area contributed by atoms with Crippen LogP contribution in [0.4, 0.5) is 5.00 Å². The highest BCUT2D eigenvalue weighted by Gasteiger charge is 2.24. The zero-order valence-corrected chi connectivity index (χ0v) is 20.0. The van der Waals surface area contributed by atoms with Gasteiger partial charge in [-0.15, -0.1) is 15.7 Å². The molecule has 34 heavy (non-hydrogen) atoms. The van der Waals surface area contributed by atoms with Crippen LogP contribution in [0.3, 0.4) is 0 Å². The first-order valence-electron chi connectivity index (χ1n) is 10.6. The standard InChI is InChI=1S/C26H22N2O4S2/c1-2-32-26(29)23-22(19-12-6-3-7-13-19)18-33-25(23)27-24(20-14-8-4-9-15-20)28-34(30,31)21-16-10-5-11-17-21/h3-18H,2H2,1H3,(H,27,28). The first-order chi connectivity index (χ1) is 16.5. The van der Waals surface area contributed by atoms with E-state index in [4.69, 9.17) is 4.74 Å². The minimum Gasteiger partial charge on any atom is -0.462 e. The molecule has 0 bridgehead atoms. The zero-order valence-electron chi connectivity index (χ0n) is 18.3. The van der Waals surface area contributed by atoms with Crippen molar-refractivity contribution in [3.63, 3.8) is 0 Å². The molecule has 0 saturated carbocycles. The third-order valence-electron chi connectivity index (χ3n) is 4.89. The van der Waals surface area contributed by atoms with Crippen molar-refractivity contribution < 1.29 is 17.9 Å². The van der Waals surface area contributed by atoms with E-state index in [0.29, 0.717) is 21.7 Å². The van der Waals surface area contributed by atoms with E-state index in [-0.39, 0.29) is 17.3 Å². The van der Waals surface area contributed by atoms with Gasteiger partial charge in [0, 0.05) is 16.5 Å². The number of nitrogens with zero attached hydrogens (tertiary/aromatic N) is 1. The summed E-state index contributed by atoms with van der Waals surface area (Å²) in [5, 5.41) is 5.40. The molecule has 4 aromatic rings. The first kappa shape index (κ1) is 23.4. The van der Waals surface area contributed by atoms with Crippen molar-refractivity contribution in [2.24, 2.45) is 4.40 Å². The minimum absolute atomic E-state index is 0.0759. The normalized spacial score (nSPS) is 11.7. The van der Waals surface area contributed by atoms with E-state index in [1.165, 1.54) is 23.5 Å². The Morgan fingerprint density at radius 1 is 0.912 bits per heavy atom. The van der Waals surface area contributed by atoms with Crippen LogP contribution in [0.2, 0.25) is 0 Å². The number of carbonyl (C=O) groups is 1. The molecule has 4 rings (SSSR count). The van der Waals surface area contributed by atoms with Gasteiger partial charge in [0.2, 0.25) is 0 Å². The van der Waals surface area contributed by atoms with E-state index < -0.39 is 16.0 Å². The van der Waals surface area contributed by atoms with Crippen molar-refractivity contribution in [3.05, 3.63) is 108 Å². The van der Waals surface area contributed by atoms with Gasteiger partial charge in [-0.2, -0.15) is 8.42 Å². The Labute approximate surface area is 202 Å². The summed E-state index contributed by atoms with van der Waals surface area (Å²) < 4.78 is 35.5. The third-order valence-corrected chi connectivity index (χ3v) is 7.07. The Morgan fingerprint density at radius 2 is 1.50 bits per heavy atom. The molecule has 8 heteroatoms. The third kappa shape index (κ3) is 5.24. The lowest BCUT2D eigenvalue weighted by molar-refractivity contribution is 0.0529. The van der Waals surface area contributed by atoms with Crippen LogP contribution in [-0.2, 0) is 14.8 Å². The zero-order chi connectivity index (χ0) is 24.0. The molecule has 6 nitrogen and oxygen atoms in total. The molecule has 0 saturated heterocycles. The van der Waals surface area contributed by atoms with Crippen LogP contribution in [0.5, 0.6) is 0 Å². The maximum absolute atomic E-state index is 13.0. The quantitative estimate of drug-likeness (QED) is 0.200. The van der Waals surface area contributed by atoms with Gasteiger partial charge in [-0.1, -0.05) is 78.9 Å². The van der Waals surface area contributed by atoms with Crippen molar-refractivity contribution in [2.45, 2.75) is 11.8 Å². The summed E-state index contributed by atoms with van der Waals surface area (Å²) in [6, 6.07) is 26.4. The van der Waals surface area contributed by atoms with Crippen molar-refractivity contribution in [2.75, 3.05) is 11.9 Å². The monoisotopic (exact) mass is 490 g/mol. The van der Waals surface area contributed by atoms with Crippen molar-refractivity contribution in [3.8, 4) is 11.1 Å². The molecule has 0 atom stereocenters. The Balaban J connectivity index is 1.83. The number of amidine groups is 1. The average Bonchev–Trinajstić information content (AvgIpc) is 3.29. The number of carbonyl (C=O) groups excluding carboxylic acids is 1. The lowest BCUT2D eigenvalue weighted by atomic mass is 10.0. The number of esters is 1. The molecule has 0 radical (unpaired) electrons. The molecular weight excluding hydrogens is 468 g/mol. The van der Waals surface area contributed by atoms with Gasteiger partial charge >= 0.3 is 5.97 Å². The summed E-state index contributed by atoms with van der Waals surface area (Å²) in [4.78, 5) is 13.0. The van der Waals surface area contributed by atoms with Crippen molar-refractivity contribution in [1.82, 2.24) is 0 Å². The van der Waals surface area contributed by atoms with E-state index in [2.05, 4.69) is 9.71 Å². The van der Waals surface area contributed by atoms with Gasteiger partial charge in [0.25, 0.3) is 10.0 Å². The maximum atomic E-state index is 13.0. The van der Waals surface area contributed by atoms with Crippen LogP contribution in [0.25, 0.3) is 11.1 Å². The minimum atomic E-state index is -4.00. The van der Waals surface area contributed by atoms with Gasteiger partial charge < -0.3 is 10.1 Å². The lowest BCUT2D eigenvalue weighted by Gasteiger charge is -2.12. The second kappa shape index (κ2) is 10.5.